The fraction of sp³-hybridized carbons (Fsp3) is 0.929. The number of nitrogens with zero attached hydrogens (tertiary/aromatic N) is 2. The zero-order valence-electron chi connectivity index (χ0n) is 12.2. The van der Waals surface area contributed by atoms with Crippen LogP contribution in [0.2, 0.25) is 0 Å². The number of aliphatic hydroxyl groups excluding tert-OH is 1. The summed E-state index contributed by atoms with van der Waals surface area (Å²) < 4.78 is 0. The average molecular weight is 255 g/mol. The van der Waals surface area contributed by atoms with E-state index in [1.54, 1.807) is 0 Å². The number of nitrogens with one attached hydrogen (secondary N) is 1. The summed E-state index contributed by atoms with van der Waals surface area (Å²) in [5, 5.41) is 12.1. The smallest absolute Gasteiger partial charge is 0.193 e. The minimum Gasteiger partial charge on any atom is -0.394 e. The fourth-order valence-electron chi connectivity index (χ4n) is 2.61. The average Bonchev–Trinajstić information content (AvgIpc) is 2.37. The number of aliphatic imine (C=N–C) groups is 1. The predicted octanol–water partition coefficient (Wildman–Crippen LogP) is 1.70. The summed E-state index contributed by atoms with van der Waals surface area (Å²) in [5.41, 5.74) is 0. The molecule has 1 aliphatic rings. The van der Waals surface area contributed by atoms with Crippen molar-refractivity contribution in [3.63, 3.8) is 0 Å². The first-order chi connectivity index (χ1) is 8.67. The molecule has 4 nitrogen and oxygen atoms in total. The molecule has 2 N–H and O–H groups in total. The standard InChI is InChI=1S/C14H29N3O/c1-4-15-14(16-9-10-18)17(3)11-13-7-5-12(2)6-8-13/h12-13,18H,4-11H2,1-3H3,(H,15,16). The molecule has 0 radical (unpaired) electrons. The van der Waals surface area contributed by atoms with Crippen LogP contribution >= 0.6 is 0 Å². The van der Waals surface area contributed by atoms with E-state index in [1.807, 2.05) is 0 Å². The summed E-state index contributed by atoms with van der Waals surface area (Å²) in [4.78, 5) is 6.60. The third-order valence-corrected chi connectivity index (χ3v) is 3.73. The van der Waals surface area contributed by atoms with Crippen LogP contribution in [0.25, 0.3) is 0 Å². The number of aliphatic hydroxyl groups is 1. The molecule has 0 bridgehead atoms. The van der Waals surface area contributed by atoms with Crippen LogP contribution in [0.4, 0.5) is 0 Å². The molecule has 0 aliphatic heterocycles. The van der Waals surface area contributed by atoms with Gasteiger partial charge >= 0.3 is 0 Å². The highest BCUT2D eigenvalue weighted by Gasteiger charge is 2.20. The summed E-state index contributed by atoms with van der Waals surface area (Å²) in [6.45, 7) is 6.97. The Morgan fingerprint density at radius 2 is 2.00 bits per heavy atom. The number of guanidine groups is 1. The van der Waals surface area contributed by atoms with Crippen molar-refractivity contribution in [3.8, 4) is 0 Å². The van der Waals surface area contributed by atoms with Gasteiger partial charge in [0.1, 0.15) is 0 Å². The minimum atomic E-state index is 0.115. The molecule has 1 rings (SSSR count). The van der Waals surface area contributed by atoms with Crippen LogP contribution in [0.15, 0.2) is 4.99 Å². The van der Waals surface area contributed by atoms with E-state index in [-0.39, 0.29) is 6.61 Å². The van der Waals surface area contributed by atoms with Crippen LogP contribution in [0.1, 0.15) is 39.5 Å². The first-order valence-corrected chi connectivity index (χ1v) is 7.27. The molecule has 0 spiro atoms. The van der Waals surface area contributed by atoms with Gasteiger partial charge in [-0.3, -0.25) is 4.99 Å². The maximum Gasteiger partial charge on any atom is 0.193 e. The Hall–Kier alpha value is -0.770. The van der Waals surface area contributed by atoms with Gasteiger partial charge in [0, 0.05) is 20.1 Å². The quantitative estimate of drug-likeness (QED) is 0.581. The van der Waals surface area contributed by atoms with Crippen molar-refractivity contribution in [2.45, 2.75) is 39.5 Å². The van der Waals surface area contributed by atoms with Crippen molar-refractivity contribution in [1.29, 1.82) is 0 Å². The highest BCUT2D eigenvalue weighted by Crippen LogP contribution is 2.28. The van der Waals surface area contributed by atoms with E-state index < -0.39 is 0 Å². The summed E-state index contributed by atoms with van der Waals surface area (Å²) in [5.74, 6) is 2.62. The summed E-state index contributed by atoms with van der Waals surface area (Å²) in [6, 6.07) is 0. The fourth-order valence-corrected chi connectivity index (χ4v) is 2.61. The van der Waals surface area contributed by atoms with Crippen LogP contribution < -0.4 is 5.32 Å². The molecule has 1 aliphatic carbocycles. The zero-order valence-corrected chi connectivity index (χ0v) is 12.2. The van der Waals surface area contributed by atoms with Gasteiger partial charge in [0.05, 0.1) is 13.2 Å². The molecule has 0 atom stereocenters. The molecule has 0 heterocycles. The first-order valence-electron chi connectivity index (χ1n) is 7.27. The second kappa shape index (κ2) is 8.35. The lowest BCUT2D eigenvalue weighted by Crippen LogP contribution is -2.42. The molecule has 0 aromatic heterocycles. The van der Waals surface area contributed by atoms with E-state index in [0.717, 1.165) is 30.9 Å². The highest BCUT2D eigenvalue weighted by molar-refractivity contribution is 5.79. The number of hydrogen-bond donors (Lipinski definition) is 2. The minimum absolute atomic E-state index is 0.115. The Labute approximate surface area is 111 Å². The molecule has 0 amide bonds. The summed E-state index contributed by atoms with van der Waals surface area (Å²) >= 11 is 0. The molecule has 0 aromatic carbocycles. The van der Waals surface area contributed by atoms with E-state index in [2.05, 4.69) is 36.1 Å². The maximum atomic E-state index is 8.86. The third kappa shape index (κ3) is 5.25. The topological polar surface area (TPSA) is 47.9 Å². The van der Waals surface area contributed by atoms with Gasteiger partial charge in [-0.05, 0) is 31.6 Å². The van der Waals surface area contributed by atoms with Crippen molar-refractivity contribution in [2.24, 2.45) is 16.8 Å². The van der Waals surface area contributed by atoms with Crippen LogP contribution in [-0.2, 0) is 0 Å². The van der Waals surface area contributed by atoms with Gasteiger partial charge in [-0.25, -0.2) is 0 Å². The van der Waals surface area contributed by atoms with Crippen molar-refractivity contribution in [2.75, 3.05) is 33.3 Å². The molecule has 1 fully saturated rings. The lowest BCUT2D eigenvalue weighted by atomic mass is 9.83. The van der Waals surface area contributed by atoms with Crippen LogP contribution in [0, 0.1) is 11.8 Å². The zero-order chi connectivity index (χ0) is 13.4. The molecule has 0 saturated heterocycles. The third-order valence-electron chi connectivity index (χ3n) is 3.73. The van der Waals surface area contributed by atoms with Gasteiger partial charge in [0.2, 0.25) is 0 Å². The van der Waals surface area contributed by atoms with Gasteiger partial charge < -0.3 is 15.3 Å². The largest absolute Gasteiger partial charge is 0.394 e. The van der Waals surface area contributed by atoms with Gasteiger partial charge in [-0.1, -0.05) is 19.8 Å². The van der Waals surface area contributed by atoms with E-state index in [9.17, 15) is 0 Å². The lowest BCUT2D eigenvalue weighted by molar-refractivity contribution is 0.249. The lowest BCUT2D eigenvalue weighted by Gasteiger charge is -2.31. The Morgan fingerprint density at radius 1 is 1.33 bits per heavy atom. The van der Waals surface area contributed by atoms with E-state index >= 15 is 0 Å². The van der Waals surface area contributed by atoms with Crippen molar-refractivity contribution in [1.82, 2.24) is 10.2 Å². The van der Waals surface area contributed by atoms with Crippen LogP contribution in [-0.4, -0.2) is 49.3 Å². The molecule has 0 aromatic rings. The Morgan fingerprint density at radius 3 is 2.56 bits per heavy atom. The first kappa shape index (κ1) is 15.3. The van der Waals surface area contributed by atoms with Crippen LogP contribution in [0.5, 0.6) is 0 Å². The van der Waals surface area contributed by atoms with Crippen molar-refractivity contribution >= 4 is 5.96 Å². The molecule has 106 valence electrons. The highest BCUT2D eigenvalue weighted by atomic mass is 16.3. The van der Waals surface area contributed by atoms with Gasteiger partial charge in [-0.2, -0.15) is 0 Å². The van der Waals surface area contributed by atoms with Crippen molar-refractivity contribution < 1.29 is 5.11 Å². The summed E-state index contributed by atoms with van der Waals surface area (Å²) in [6.07, 6.45) is 5.40. The normalized spacial score (nSPS) is 25.0. The second-order valence-electron chi connectivity index (χ2n) is 5.47. The van der Waals surface area contributed by atoms with Crippen LogP contribution in [0.3, 0.4) is 0 Å². The molecular weight excluding hydrogens is 226 g/mol. The van der Waals surface area contributed by atoms with E-state index in [4.69, 9.17) is 5.11 Å². The molecule has 1 saturated carbocycles. The van der Waals surface area contributed by atoms with Crippen molar-refractivity contribution in [3.05, 3.63) is 0 Å². The Bertz CT molecular complexity index is 247. The van der Waals surface area contributed by atoms with Gasteiger partial charge in [-0.15, -0.1) is 0 Å². The number of rotatable bonds is 5. The predicted molar refractivity (Wildman–Crippen MR) is 76.8 cm³/mol. The summed E-state index contributed by atoms with van der Waals surface area (Å²) in [7, 11) is 2.09. The maximum absolute atomic E-state index is 8.86. The monoisotopic (exact) mass is 255 g/mol. The van der Waals surface area contributed by atoms with E-state index in [1.165, 1.54) is 25.7 Å². The molecule has 4 heteroatoms. The van der Waals surface area contributed by atoms with Gasteiger partial charge in [0.25, 0.3) is 0 Å². The second-order valence-corrected chi connectivity index (χ2v) is 5.47. The Kier molecular flexibility index (Phi) is 7.09. The molecular formula is C14H29N3O. The number of hydrogen-bond acceptors (Lipinski definition) is 2. The molecule has 18 heavy (non-hydrogen) atoms. The Balaban J connectivity index is 2.42. The van der Waals surface area contributed by atoms with E-state index in [0.29, 0.717) is 6.54 Å². The molecule has 0 unspecified atom stereocenters. The SMILES string of the molecule is CCNC(=NCCO)N(C)CC1CCC(C)CC1. The van der Waals surface area contributed by atoms with Gasteiger partial charge in [0.15, 0.2) is 5.96 Å².